The highest BCUT2D eigenvalue weighted by Crippen LogP contribution is 2.42. The van der Waals surface area contributed by atoms with Crippen molar-refractivity contribution in [2.75, 3.05) is 19.4 Å². The van der Waals surface area contributed by atoms with E-state index < -0.39 is 33.9 Å². The molecule has 0 aliphatic carbocycles. The molecule has 1 saturated heterocycles. The van der Waals surface area contributed by atoms with Crippen molar-refractivity contribution in [1.29, 1.82) is 0 Å². The van der Waals surface area contributed by atoms with E-state index in [2.05, 4.69) is 9.71 Å². The van der Waals surface area contributed by atoms with Crippen molar-refractivity contribution in [3.63, 3.8) is 0 Å². The van der Waals surface area contributed by atoms with Gasteiger partial charge >= 0.3 is 5.97 Å². The van der Waals surface area contributed by atoms with Crippen molar-refractivity contribution >= 4 is 44.8 Å². The van der Waals surface area contributed by atoms with Gasteiger partial charge in [-0.3, -0.25) is 4.99 Å². The monoisotopic (exact) mass is 498 g/mol. The zero-order chi connectivity index (χ0) is 23.0. The smallest absolute Gasteiger partial charge is 0.338 e. The average Bonchev–Trinajstić information content (AvgIpc) is 3.35. The maximum atomic E-state index is 13.7. The molecule has 0 amide bonds. The van der Waals surface area contributed by atoms with Crippen LogP contribution in [-0.2, 0) is 19.6 Å². The number of nitrogens with one attached hydrogen (secondary N) is 1. The lowest BCUT2D eigenvalue weighted by Gasteiger charge is -2.31. The first-order valence-electron chi connectivity index (χ1n) is 9.75. The van der Waals surface area contributed by atoms with Gasteiger partial charge in [0.05, 0.1) is 18.4 Å². The molecule has 8 nitrogen and oxygen atoms in total. The first kappa shape index (κ1) is 22.8. The highest BCUT2D eigenvalue weighted by molar-refractivity contribution is 7.88. The second-order valence-corrected chi connectivity index (χ2v) is 10.4. The lowest BCUT2D eigenvalue weighted by Crippen LogP contribution is -2.39. The number of thiazole rings is 1. The van der Waals surface area contributed by atoms with Gasteiger partial charge in [-0.1, -0.05) is 17.7 Å². The largest absolute Gasteiger partial charge is 0.463 e. The number of hydrogen-bond donors (Lipinski definition) is 1. The summed E-state index contributed by atoms with van der Waals surface area (Å²) in [6, 6.07) is 2.57. The summed E-state index contributed by atoms with van der Waals surface area (Å²) < 4.78 is 45.3. The van der Waals surface area contributed by atoms with E-state index in [0.717, 1.165) is 12.3 Å². The molecule has 2 aliphatic rings. The topological polar surface area (TPSA) is 101 Å². The number of aromatic nitrogens is 1. The Morgan fingerprint density at radius 1 is 1.44 bits per heavy atom. The number of carbonyl (C=O) groups excluding carboxylic acids is 1. The summed E-state index contributed by atoms with van der Waals surface area (Å²) in [5.41, 5.74) is 1.27. The number of aliphatic imine (C=N–C) groups is 1. The van der Waals surface area contributed by atoms with Crippen LogP contribution in [0.15, 0.2) is 46.0 Å². The molecule has 4 rings (SSSR count). The fraction of sp³-hybridized carbons (Fsp3) is 0.350. The molecule has 0 saturated carbocycles. The molecule has 0 bridgehead atoms. The van der Waals surface area contributed by atoms with Crippen LogP contribution in [0.2, 0.25) is 5.02 Å². The molecule has 1 aromatic carbocycles. The van der Waals surface area contributed by atoms with Gasteiger partial charge in [0.2, 0.25) is 10.0 Å². The summed E-state index contributed by atoms with van der Waals surface area (Å²) >= 11 is 7.70. The quantitative estimate of drug-likeness (QED) is 0.614. The molecule has 3 heterocycles. The molecule has 0 spiro atoms. The summed E-state index contributed by atoms with van der Waals surface area (Å²) in [4.78, 5) is 24.0. The minimum Gasteiger partial charge on any atom is -0.463 e. The van der Waals surface area contributed by atoms with Crippen molar-refractivity contribution < 1.29 is 22.3 Å². The second kappa shape index (κ2) is 8.89. The van der Waals surface area contributed by atoms with Gasteiger partial charge in [-0.25, -0.2) is 27.3 Å². The molecular formula is C20H20ClFN4O4S2. The van der Waals surface area contributed by atoms with Gasteiger partial charge in [-0.2, -0.15) is 0 Å². The predicted octanol–water partition coefficient (Wildman–Crippen LogP) is 2.88. The summed E-state index contributed by atoms with van der Waals surface area (Å²) in [5, 5.41) is 2.52. The highest BCUT2D eigenvalue weighted by atomic mass is 35.5. The lowest BCUT2D eigenvalue weighted by atomic mass is 9.94. The second-order valence-electron chi connectivity index (χ2n) is 7.34. The molecule has 1 aromatic heterocycles. The summed E-state index contributed by atoms with van der Waals surface area (Å²) in [7, 11) is -3.48. The van der Waals surface area contributed by atoms with Gasteiger partial charge in [-0.05, 0) is 19.1 Å². The zero-order valence-corrected chi connectivity index (χ0v) is 19.6. The van der Waals surface area contributed by atoms with Crippen LogP contribution in [0.4, 0.5) is 4.39 Å². The molecule has 1 N–H and O–H groups in total. The van der Waals surface area contributed by atoms with Crippen molar-refractivity contribution in [2.45, 2.75) is 25.4 Å². The van der Waals surface area contributed by atoms with Crippen molar-refractivity contribution in [3.05, 3.63) is 62.5 Å². The maximum Gasteiger partial charge on any atom is 0.338 e. The Morgan fingerprint density at radius 3 is 2.84 bits per heavy atom. The van der Waals surface area contributed by atoms with E-state index in [4.69, 9.17) is 21.3 Å². The Bertz CT molecular complexity index is 1210. The molecular weight excluding hydrogens is 479 g/mol. The fourth-order valence-corrected chi connectivity index (χ4v) is 5.57. The molecule has 1 fully saturated rings. The van der Waals surface area contributed by atoms with Crippen LogP contribution in [0.3, 0.4) is 0 Å². The van der Waals surface area contributed by atoms with Crippen LogP contribution in [0.25, 0.3) is 0 Å². The Kier molecular flexibility index (Phi) is 6.35. The standard InChI is InChI=1S/C20H20ClFN4O4S2/c1-3-30-20(27)16-15-9-12(25-32(2,28)29)10-26(15)18(19-23-6-7-31-19)24-17(16)13-5-4-11(22)8-14(13)21/h4-8,12,17,25H,3,9-10H2,1-2H3/t12-,17+/m1/s1. The van der Waals surface area contributed by atoms with E-state index in [9.17, 15) is 17.6 Å². The minimum atomic E-state index is -3.48. The van der Waals surface area contributed by atoms with E-state index in [1.165, 1.54) is 23.5 Å². The Morgan fingerprint density at radius 2 is 2.22 bits per heavy atom. The van der Waals surface area contributed by atoms with Crippen molar-refractivity contribution in [3.8, 4) is 0 Å². The number of sulfonamides is 1. The number of nitrogens with zero attached hydrogens (tertiary/aromatic N) is 3. The SMILES string of the molecule is CCOC(=O)C1=C2C[C@@H](NS(C)(=O)=O)CN2C(c2nccs2)=N[C@H]1c1ccc(F)cc1Cl. The third-order valence-corrected chi connectivity index (χ3v) is 6.87. The van der Waals surface area contributed by atoms with Crippen LogP contribution < -0.4 is 4.72 Å². The van der Waals surface area contributed by atoms with Crippen LogP contribution in [0.1, 0.15) is 30.0 Å². The number of ether oxygens (including phenoxy) is 1. The van der Waals surface area contributed by atoms with Crippen molar-refractivity contribution in [2.24, 2.45) is 4.99 Å². The predicted molar refractivity (Wildman–Crippen MR) is 120 cm³/mol. The summed E-state index contributed by atoms with van der Waals surface area (Å²) in [6.07, 6.45) is 2.97. The Balaban J connectivity index is 1.89. The first-order valence-corrected chi connectivity index (χ1v) is 12.9. The summed E-state index contributed by atoms with van der Waals surface area (Å²) in [6.45, 7) is 2.11. The van der Waals surface area contributed by atoms with Crippen LogP contribution in [0, 0.1) is 5.82 Å². The van der Waals surface area contributed by atoms with Gasteiger partial charge in [-0.15, -0.1) is 11.3 Å². The van der Waals surface area contributed by atoms with Crippen molar-refractivity contribution in [1.82, 2.24) is 14.6 Å². The average molecular weight is 499 g/mol. The number of fused-ring (bicyclic) bond motifs is 1. The Hall–Kier alpha value is -2.34. The van der Waals surface area contributed by atoms with E-state index in [1.807, 2.05) is 0 Å². The van der Waals surface area contributed by atoms with Crippen LogP contribution in [-0.4, -0.2) is 55.6 Å². The number of halogens is 2. The third-order valence-electron chi connectivity index (χ3n) is 5.02. The number of rotatable bonds is 6. The van der Waals surface area contributed by atoms with Gasteiger partial charge in [0, 0.05) is 46.9 Å². The van der Waals surface area contributed by atoms with Gasteiger partial charge in [0.1, 0.15) is 11.9 Å². The number of esters is 1. The Labute approximate surface area is 193 Å². The summed E-state index contributed by atoms with van der Waals surface area (Å²) in [5.74, 6) is -0.602. The third kappa shape index (κ3) is 4.56. The first-order chi connectivity index (χ1) is 15.2. The number of benzene rings is 1. The molecule has 2 atom stereocenters. The van der Waals surface area contributed by atoms with Gasteiger partial charge in [0.15, 0.2) is 10.8 Å². The van der Waals surface area contributed by atoms with Crippen LogP contribution >= 0.6 is 22.9 Å². The molecule has 32 heavy (non-hydrogen) atoms. The number of carbonyl (C=O) groups is 1. The molecule has 0 radical (unpaired) electrons. The van der Waals surface area contributed by atoms with Gasteiger partial charge in [0.25, 0.3) is 0 Å². The molecule has 12 heteroatoms. The number of hydrogen-bond acceptors (Lipinski definition) is 8. The van der Waals surface area contributed by atoms with Crippen LogP contribution in [0.5, 0.6) is 0 Å². The number of amidine groups is 1. The highest BCUT2D eigenvalue weighted by Gasteiger charge is 2.43. The molecule has 0 unspecified atom stereocenters. The molecule has 2 aromatic rings. The lowest BCUT2D eigenvalue weighted by molar-refractivity contribution is -0.139. The molecule has 2 aliphatic heterocycles. The maximum absolute atomic E-state index is 13.7. The zero-order valence-electron chi connectivity index (χ0n) is 17.2. The molecule has 170 valence electrons. The van der Waals surface area contributed by atoms with Gasteiger partial charge < -0.3 is 9.64 Å². The minimum absolute atomic E-state index is 0.122. The fourth-order valence-electron chi connectivity index (χ4n) is 3.90. The van der Waals surface area contributed by atoms with E-state index >= 15 is 0 Å². The van der Waals surface area contributed by atoms with E-state index in [1.54, 1.807) is 23.4 Å². The van der Waals surface area contributed by atoms with E-state index in [-0.39, 0.29) is 30.2 Å². The normalized spacial score (nSPS) is 20.9. The van der Waals surface area contributed by atoms with E-state index in [0.29, 0.717) is 22.1 Å².